The van der Waals surface area contributed by atoms with Crippen molar-refractivity contribution in [1.29, 1.82) is 0 Å². The van der Waals surface area contributed by atoms with E-state index in [1.165, 1.54) is 23.3 Å². The molecule has 2 aromatic heterocycles. The number of carbonyl (C=O) groups excluding carboxylic acids is 1. The van der Waals surface area contributed by atoms with Crippen LogP contribution in [0, 0.1) is 0 Å². The van der Waals surface area contributed by atoms with Gasteiger partial charge in [-0.15, -0.1) is 11.3 Å². The molecule has 3 aromatic rings. The van der Waals surface area contributed by atoms with E-state index in [-0.39, 0.29) is 12.5 Å². The zero-order valence-electron chi connectivity index (χ0n) is 16.2. The maximum absolute atomic E-state index is 12.1. The lowest BCUT2D eigenvalue weighted by Gasteiger charge is -2.14. The normalized spacial score (nSPS) is 13.6. The summed E-state index contributed by atoms with van der Waals surface area (Å²) in [6.45, 7) is 0.228. The lowest BCUT2D eigenvalue weighted by molar-refractivity contribution is -0.126. The number of thiophene rings is 1. The molecule has 0 unspecified atom stereocenters. The van der Waals surface area contributed by atoms with Crippen LogP contribution in [0.15, 0.2) is 30.3 Å². The molecule has 0 bridgehead atoms. The molecule has 1 aliphatic rings. The second-order valence-corrected chi connectivity index (χ2v) is 8.29. The van der Waals surface area contributed by atoms with Crippen molar-refractivity contribution in [3.05, 3.63) is 52.2 Å². The fraction of sp³-hybridized carbons (Fsp3) is 0.318. The number of fused-ring (bicyclic) bond motifs is 3. The van der Waals surface area contributed by atoms with E-state index in [1.807, 2.05) is 42.5 Å². The molecular weight excluding hydrogens is 368 g/mol. The zero-order valence-corrected chi connectivity index (χ0v) is 17.1. The third-order valence-corrected chi connectivity index (χ3v) is 6.15. The molecule has 0 spiro atoms. The van der Waals surface area contributed by atoms with E-state index < -0.39 is 0 Å². The first-order chi connectivity index (χ1) is 13.6. The highest BCUT2D eigenvalue weighted by molar-refractivity contribution is 7.19. The van der Waals surface area contributed by atoms with Crippen molar-refractivity contribution < 1.29 is 4.79 Å². The van der Waals surface area contributed by atoms with Gasteiger partial charge in [0.1, 0.15) is 10.6 Å². The molecule has 0 saturated heterocycles. The lowest BCUT2D eigenvalue weighted by atomic mass is 9.97. The minimum atomic E-state index is 0.0252. The first-order valence-electron chi connectivity index (χ1n) is 9.61. The minimum absolute atomic E-state index is 0.0252. The largest absolute Gasteiger partial charge is 0.360 e. The van der Waals surface area contributed by atoms with Gasteiger partial charge in [-0.2, -0.15) is 0 Å². The SMILES string of the molecule is CN(C)C(=O)CNc1nc(C=Cc2ccccc2)nc2sc3c(c12)CCCC3. The molecule has 2 heterocycles. The van der Waals surface area contributed by atoms with Crippen molar-refractivity contribution in [3.63, 3.8) is 0 Å². The van der Waals surface area contributed by atoms with Crippen molar-refractivity contribution in [2.45, 2.75) is 25.7 Å². The second kappa shape index (κ2) is 8.10. The highest BCUT2D eigenvalue weighted by Crippen LogP contribution is 2.38. The molecule has 0 aliphatic heterocycles. The summed E-state index contributed by atoms with van der Waals surface area (Å²) in [4.78, 5) is 25.7. The van der Waals surface area contributed by atoms with E-state index in [0.717, 1.165) is 34.4 Å². The molecule has 0 radical (unpaired) electrons. The molecule has 5 nitrogen and oxygen atoms in total. The van der Waals surface area contributed by atoms with Gasteiger partial charge in [-0.05, 0) is 42.9 Å². The molecule has 0 saturated carbocycles. The van der Waals surface area contributed by atoms with Crippen LogP contribution >= 0.6 is 11.3 Å². The fourth-order valence-corrected chi connectivity index (χ4v) is 4.70. The van der Waals surface area contributed by atoms with E-state index in [4.69, 9.17) is 9.97 Å². The summed E-state index contributed by atoms with van der Waals surface area (Å²) < 4.78 is 0. The predicted molar refractivity (Wildman–Crippen MR) is 117 cm³/mol. The van der Waals surface area contributed by atoms with Gasteiger partial charge in [0.2, 0.25) is 5.91 Å². The van der Waals surface area contributed by atoms with Gasteiger partial charge in [-0.3, -0.25) is 4.79 Å². The van der Waals surface area contributed by atoms with E-state index in [0.29, 0.717) is 5.82 Å². The van der Waals surface area contributed by atoms with Crippen LogP contribution in [0.25, 0.3) is 22.4 Å². The molecule has 1 N–H and O–H groups in total. The Morgan fingerprint density at radius 3 is 2.71 bits per heavy atom. The van der Waals surface area contributed by atoms with Gasteiger partial charge in [0.05, 0.1) is 11.9 Å². The molecule has 1 aliphatic carbocycles. The Balaban J connectivity index is 1.73. The molecule has 1 aromatic carbocycles. The molecule has 144 valence electrons. The van der Waals surface area contributed by atoms with E-state index in [9.17, 15) is 4.79 Å². The third kappa shape index (κ3) is 3.92. The molecular formula is C22H24N4OS. The Morgan fingerprint density at radius 2 is 1.93 bits per heavy atom. The predicted octanol–water partition coefficient (Wildman–Crippen LogP) is 4.24. The van der Waals surface area contributed by atoms with Crippen LogP contribution < -0.4 is 5.32 Å². The van der Waals surface area contributed by atoms with Gasteiger partial charge in [-0.25, -0.2) is 9.97 Å². The summed E-state index contributed by atoms with van der Waals surface area (Å²) in [5.74, 6) is 1.46. The summed E-state index contributed by atoms with van der Waals surface area (Å²) in [6.07, 6.45) is 8.56. The topological polar surface area (TPSA) is 58.1 Å². The van der Waals surface area contributed by atoms with E-state index in [1.54, 1.807) is 30.3 Å². The van der Waals surface area contributed by atoms with Gasteiger partial charge in [0, 0.05) is 19.0 Å². The monoisotopic (exact) mass is 392 g/mol. The third-order valence-electron chi connectivity index (χ3n) is 4.96. The number of aryl methyl sites for hydroxylation is 2. The highest BCUT2D eigenvalue weighted by Gasteiger charge is 2.21. The van der Waals surface area contributed by atoms with Crippen LogP contribution in [0.4, 0.5) is 5.82 Å². The van der Waals surface area contributed by atoms with E-state index in [2.05, 4.69) is 5.32 Å². The number of likely N-dealkylation sites (N-methyl/N-ethyl adjacent to an activating group) is 1. The summed E-state index contributed by atoms with van der Waals surface area (Å²) in [5, 5.41) is 4.37. The molecule has 0 atom stereocenters. The number of nitrogens with one attached hydrogen (secondary N) is 1. The summed E-state index contributed by atoms with van der Waals surface area (Å²) in [6, 6.07) is 10.1. The van der Waals surface area contributed by atoms with Crippen LogP contribution in [-0.2, 0) is 17.6 Å². The maximum Gasteiger partial charge on any atom is 0.241 e. The number of benzene rings is 1. The van der Waals surface area contributed by atoms with Crippen LogP contribution in [0.5, 0.6) is 0 Å². The number of carbonyl (C=O) groups is 1. The molecule has 4 rings (SSSR count). The summed E-state index contributed by atoms with van der Waals surface area (Å²) in [7, 11) is 3.53. The number of nitrogens with zero attached hydrogens (tertiary/aromatic N) is 3. The Kier molecular flexibility index (Phi) is 5.39. The van der Waals surface area contributed by atoms with Crippen molar-refractivity contribution in [2.75, 3.05) is 26.0 Å². The van der Waals surface area contributed by atoms with Crippen molar-refractivity contribution in [1.82, 2.24) is 14.9 Å². The summed E-state index contributed by atoms with van der Waals surface area (Å²) in [5.41, 5.74) is 2.47. The van der Waals surface area contributed by atoms with Gasteiger partial charge in [0.25, 0.3) is 0 Å². The number of anilines is 1. The molecule has 0 fully saturated rings. The summed E-state index contributed by atoms with van der Waals surface area (Å²) >= 11 is 1.77. The number of rotatable bonds is 5. The maximum atomic E-state index is 12.1. The standard InChI is InChI=1S/C22H24N4OS/c1-26(2)19(27)14-23-21-20-16-10-6-7-11-17(16)28-22(20)25-18(24-21)13-12-15-8-4-3-5-9-15/h3-5,8-9,12-13H,6-7,10-11,14H2,1-2H3,(H,23,24,25). The van der Waals surface area contributed by atoms with Crippen molar-refractivity contribution >= 4 is 45.4 Å². The van der Waals surface area contributed by atoms with Crippen molar-refractivity contribution in [2.24, 2.45) is 0 Å². The first kappa shape index (κ1) is 18.6. The van der Waals surface area contributed by atoms with Gasteiger partial charge >= 0.3 is 0 Å². The molecule has 6 heteroatoms. The molecule has 28 heavy (non-hydrogen) atoms. The van der Waals surface area contributed by atoms with Crippen LogP contribution in [0.3, 0.4) is 0 Å². The Morgan fingerprint density at radius 1 is 1.14 bits per heavy atom. The minimum Gasteiger partial charge on any atom is -0.360 e. The average Bonchev–Trinajstić information content (AvgIpc) is 3.09. The second-order valence-electron chi connectivity index (χ2n) is 7.21. The quantitative estimate of drug-likeness (QED) is 0.706. The molecule has 1 amide bonds. The number of aromatic nitrogens is 2. The Bertz CT molecular complexity index is 1020. The Hall–Kier alpha value is -2.73. The lowest BCUT2D eigenvalue weighted by Crippen LogP contribution is -2.29. The van der Waals surface area contributed by atoms with Crippen LogP contribution in [0.1, 0.15) is 34.7 Å². The average molecular weight is 393 g/mol. The van der Waals surface area contributed by atoms with Gasteiger partial charge in [0.15, 0.2) is 5.82 Å². The Labute approximate surface area is 169 Å². The first-order valence-corrected chi connectivity index (χ1v) is 10.4. The van der Waals surface area contributed by atoms with Gasteiger partial charge in [-0.1, -0.05) is 36.4 Å². The fourth-order valence-electron chi connectivity index (χ4n) is 3.43. The number of hydrogen-bond donors (Lipinski definition) is 1. The highest BCUT2D eigenvalue weighted by atomic mass is 32.1. The van der Waals surface area contributed by atoms with Crippen LogP contribution in [0.2, 0.25) is 0 Å². The number of hydrogen-bond acceptors (Lipinski definition) is 5. The zero-order chi connectivity index (χ0) is 19.5. The van der Waals surface area contributed by atoms with Crippen LogP contribution in [-0.4, -0.2) is 41.4 Å². The van der Waals surface area contributed by atoms with Crippen molar-refractivity contribution in [3.8, 4) is 0 Å². The van der Waals surface area contributed by atoms with E-state index >= 15 is 0 Å². The number of amides is 1. The smallest absolute Gasteiger partial charge is 0.241 e. The van der Waals surface area contributed by atoms with Gasteiger partial charge < -0.3 is 10.2 Å².